The van der Waals surface area contributed by atoms with E-state index in [1.165, 1.54) is 24.3 Å². The third-order valence-electron chi connectivity index (χ3n) is 4.90. The predicted octanol–water partition coefficient (Wildman–Crippen LogP) is 6.64. The number of halogens is 2. The average Bonchev–Trinajstić information content (AvgIpc) is 2.85. The third kappa shape index (κ3) is 5.54. The van der Waals surface area contributed by atoms with Crippen LogP contribution in [0.2, 0.25) is 0 Å². The Hall–Kier alpha value is -4.19. The lowest BCUT2D eigenvalue weighted by molar-refractivity contribution is 0.0473. The summed E-state index contributed by atoms with van der Waals surface area (Å²) in [5.74, 6) is -2.14. The van der Waals surface area contributed by atoms with Gasteiger partial charge in [-0.1, -0.05) is 72.8 Å². The van der Waals surface area contributed by atoms with Crippen molar-refractivity contribution in [3.63, 3.8) is 0 Å². The first-order valence-corrected chi connectivity index (χ1v) is 10.3. The van der Waals surface area contributed by atoms with E-state index in [9.17, 15) is 13.6 Å². The van der Waals surface area contributed by atoms with Crippen molar-refractivity contribution in [2.75, 3.05) is 5.32 Å². The number of ether oxygens (including phenoxy) is 2. The summed E-state index contributed by atoms with van der Waals surface area (Å²) in [6, 6.07) is 26.7. The number of carbonyl (C=O) groups is 1. The monoisotopic (exact) mass is 445 g/mol. The van der Waals surface area contributed by atoms with Gasteiger partial charge in [-0.15, -0.1) is 0 Å². The van der Waals surface area contributed by atoms with Crippen LogP contribution in [0.5, 0.6) is 5.75 Å². The highest BCUT2D eigenvalue weighted by molar-refractivity contribution is 5.98. The molecule has 0 bridgehead atoms. The topological polar surface area (TPSA) is 47.6 Å². The summed E-state index contributed by atoms with van der Waals surface area (Å²) in [5.41, 5.74) is 1.71. The Morgan fingerprint density at radius 3 is 1.97 bits per heavy atom. The molecule has 0 aromatic heterocycles. The van der Waals surface area contributed by atoms with Crippen molar-refractivity contribution in [2.45, 2.75) is 13.2 Å². The van der Waals surface area contributed by atoms with Gasteiger partial charge in [-0.05, 0) is 35.4 Å². The Morgan fingerprint density at radius 2 is 1.30 bits per heavy atom. The van der Waals surface area contributed by atoms with Crippen LogP contribution in [0.25, 0.3) is 0 Å². The van der Waals surface area contributed by atoms with E-state index >= 15 is 0 Å². The van der Waals surface area contributed by atoms with Gasteiger partial charge in [-0.3, -0.25) is 0 Å². The molecule has 0 aliphatic heterocycles. The van der Waals surface area contributed by atoms with Gasteiger partial charge in [0.1, 0.15) is 19.0 Å². The number of rotatable bonds is 8. The van der Waals surface area contributed by atoms with Crippen LogP contribution in [-0.2, 0) is 18.0 Å². The standard InChI is InChI=1S/C27H21F2NO3/c28-22-13-7-8-14-24(22)30-25-21(27(31)33-18-20-11-5-2-6-12-20)15-16-23(29)26(25)32-17-19-9-3-1-4-10-19/h1-16,30H,17-18H2. The van der Waals surface area contributed by atoms with Crippen molar-refractivity contribution in [3.05, 3.63) is 125 Å². The van der Waals surface area contributed by atoms with Crippen molar-refractivity contribution < 1.29 is 23.0 Å². The third-order valence-corrected chi connectivity index (χ3v) is 4.90. The molecule has 0 saturated carbocycles. The summed E-state index contributed by atoms with van der Waals surface area (Å²) >= 11 is 0. The number of benzene rings is 4. The van der Waals surface area contributed by atoms with Crippen molar-refractivity contribution >= 4 is 17.3 Å². The highest BCUT2D eigenvalue weighted by Gasteiger charge is 2.22. The maximum Gasteiger partial charge on any atom is 0.340 e. The second-order valence-corrected chi connectivity index (χ2v) is 7.24. The van der Waals surface area contributed by atoms with Crippen molar-refractivity contribution in [1.29, 1.82) is 0 Å². The molecule has 0 heterocycles. The van der Waals surface area contributed by atoms with E-state index in [1.54, 1.807) is 6.07 Å². The van der Waals surface area contributed by atoms with Gasteiger partial charge in [0.15, 0.2) is 11.6 Å². The Bertz CT molecular complexity index is 1230. The number of anilines is 2. The predicted molar refractivity (Wildman–Crippen MR) is 122 cm³/mol. The molecule has 0 aliphatic carbocycles. The van der Waals surface area contributed by atoms with E-state index in [1.807, 2.05) is 60.7 Å². The first-order valence-electron chi connectivity index (χ1n) is 10.3. The highest BCUT2D eigenvalue weighted by atomic mass is 19.1. The fourth-order valence-corrected chi connectivity index (χ4v) is 3.22. The lowest BCUT2D eigenvalue weighted by Gasteiger charge is -2.18. The Kier molecular flexibility index (Phi) is 6.95. The lowest BCUT2D eigenvalue weighted by atomic mass is 10.1. The SMILES string of the molecule is O=C(OCc1ccccc1)c1ccc(F)c(OCc2ccccc2)c1Nc1ccccc1F. The van der Waals surface area contributed by atoms with Crippen molar-refractivity contribution in [1.82, 2.24) is 0 Å². The van der Waals surface area contributed by atoms with Gasteiger partial charge in [-0.2, -0.15) is 0 Å². The van der Waals surface area contributed by atoms with Crippen molar-refractivity contribution in [3.8, 4) is 5.75 Å². The first kappa shape index (κ1) is 22.0. The molecule has 1 N–H and O–H groups in total. The summed E-state index contributed by atoms with van der Waals surface area (Å²) in [5, 5.41) is 2.82. The normalized spacial score (nSPS) is 10.5. The van der Waals surface area contributed by atoms with E-state index < -0.39 is 17.6 Å². The molecule has 0 radical (unpaired) electrons. The van der Waals surface area contributed by atoms with E-state index in [-0.39, 0.29) is 35.9 Å². The average molecular weight is 445 g/mol. The zero-order chi connectivity index (χ0) is 23.0. The number of carbonyl (C=O) groups excluding carboxylic acids is 1. The molecule has 0 atom stereocenters. The maximum absolute atomic E-state index is 14.8. The number of nitrogens with one attached hydrogen (secondary N) is 1. The second-order valence-electron chi connectivity index (χ2n) is 7.24. The molecule has 33 heavy (non-hydrogen) atoms. The fraction of sp³-hybridized carbons (Fsp3) is 0.0741. The minimum absolute atomic E-state index is 0.00547. The Balaban J connectivity index is 1.66. The van der Waals surface area contributed by atoms with Gasteiger partial charge in [0.05, 0.1) is 16.9 Å². The molecular formula is C27H21F2NO3. The molecule has 4 nitrogen and oxygen atoms in total. The summed E-state index contributed by atoms with van der Waals surface area (Å²) in [6.45, 7) is 0.0998. The number of hydrogen-bond acceptors (Lipinski definition) is 4. The zero-order valence-electron chi connectivity index (χ0n) is 17.6. The quantitative estimate of drug-likeness (QED) is 0.309. The molecular weight excluding hydrogens is 424 g/mol. The summed E-state index contributed by atoms with van der Waals surface area (Å²) < 4.78 is 40.4. The van der Waals surface area contributed by atoms with E-state index in [2.05, 4.69) is 5.32 Å². The van der Waals surface area contributed by atoms with E-state index in [4.69, 9.17) is 9.47 Å². The molecule has 0 fully saturated rings. The molecule has 166 valence electrons. The molecule has 0 saturated heterocycles. The van der Waals surface area contributed by atoms with Crippen LogP contribution in [0.1, 0.15) is 21.5 Å². The van der Waals surface area contributed by atoms with Crippen LogP contribution in [0, 0.1) is 11.6 Å². The molecule has 0 aliphatic rings. The molecule has 6 heteroatoms. The summed E-state index contributed by atoms with van der Waals surface area (Å²) in [4.78, 5) is 12.9. The molecule has 4 aromatic rings. The van der Waals surface area contributed by atoms with Crippen LogP contribution >= 0.6 is 0 Å². The number of hydrogen-bond donors (Lipinski definition) is 1. The van der Waals surface area contributed by atoms with Gasteiger partial charge in [0.2, 0.25) is 0 Å². The molecule has 0 amide bonds. The van der Waals surface area contributed by atoms with Gasteiger partial charge < -0.3 is 14.8 Å². The maximum atomic E-state index is 14.8. The smallest absolute Gasteiger partial charge is 0.340 e. The highest BCUT2D eigenvalue weighted by Crippen LogP contribution is 2.36. The van der Waals surface area contributed by atoms with Crippen LogP contribution in [0.15, 0.2) is 97.1 Å². The lowest BCUT2D eigenvalue weighted by Crippen LogP contribution is -2.11. The van der Waals surface area contributed by atoms with E-state index in [0.717, 1.165) is 17.2 Å². The molecule has 0 spiro atoms. The van der Waals surface area contributed by atoms with Crippen LogP contribution < -0.4 is 10.1 Å². The van der Waals surface area contributed by atoms with Gasteiger partial charge >= 0.3 is 5.97 Å². The minimum Gasteiger partial charge on any atom is -0.484 e. The van der Waals surface area contributed by atoms with Gasteiger partial charge in [0.25, 0.3) is 0 Å². The number of esters is 1. The van der Waals surface area contributed by atoms with Gasteiger partial charge in [0, 0.05) is 0 Å². The van der Waals surface area contributed by atoms with E-state index in [0.29, 0.717) is 0 Å². The minimum atomic E-state index is -0.692. The molecule has 0 unspecified atom stereocenters. The molecule has 4 aromatic carbocycles. The Labute approximate surface area is 190 Å². The van der Waals surface area contributed by atoms with Crippen molar-refractivity contribution in [2.24, 2.45) is 0 Å². The zero-order valence-corrected chi connectivity index (χ0v) is 17.6. The van der Waals surface area contributed by atoms with Crippen LogP contribution in [-0.4, -0.2) is 5.97 Å². The summed E-state index contributed by atoms with van der Waals surface area (Å²) in [6.07, 6.45) is 0. The Morgan fingerprint density at radius 1 is 0.697 bits per heavy atom. The number of para-hydroxylation sites is 1. The van der Waals surface area contributed by atoms with Crippen LogP contribution in [0.3, 0.4) is 0 Å². The molecule has 4 rings (SSSR count). The van der Waals surface area contributed by atoms with Crippen LogP contribution in [0.4, 0.5) is 20.2 Å². The van der Waals surface area contributed by atoms with Gasteiger partial charge in [-0.25, -0.2) is 13.6 Å². The largest absolute Gasteiger partial charge is 0.484 e. The fourth-order valence-electron chi connectivity index (χ4n) is 3.22. The summed E-state index contributed by atoms with van der Waals surface area (Å²) in [7, 11) is 0. The second kappa shape index (κ2) is 10.4. The first-order chi connectivity index (χ1) is 16.1.